The fourth-order valence-electron chi connectivity index (χ4n) is 1.58. The van der Waals surface area contributed by atoms with Crippen molar-refractivity contribution in [2.24, 2.45) is 5.92 Å². The van der Waals surface area contributed by atoms with E-state index in [2.05, 4.69) is 30.1 Å². The van der Waals surface area contributed by atoms with E-state index in [0.717, 1.165) is 0 Å². The Hall–Kier alpha value is -1.58. The van der Waals surface area contributed by atoms with Crippen molar-refractivity contribution in [2.45, 2.75) is 33.2 Å². The van der Waals surface area contributed by atoms with Gasteiger partial charge in [-0.1, -0.05) is 13.8 Å². The molecular formula is C15H24N4OS. The van der Waals surface area contributed by atoms with Crippen LogP contribution in [0.4, 0.5) is 10.7 Å². The molecule has 116 valence electrons. The largest absolute Gasteiger partial charge is 0.396 e. The van der Waals surface area contributed by atoms with Crippen molar-refractivity contribution in [1.29, 1.82) is 5.26 Å². The first-order valence-corrected chi connectivity index (χ1v) is 7.71. The zero-order valence-electron chi connectivity index (χ0n) is 13.6. The van der Waals surface area contributed by atoms with Gasteiger partial charge in [0, 0.05) is 18.0 Å². The molecular weight excluding hydrogens is 284 g/mol. The lowest BCUT2D eigenvalue weighted by molar-refractivity contribution is 0.0944. The molecule has 0 aliphatic rings. The van der Waals surface area contributed by atoms with Crippen LogP contribution in [-0.4, -0.2) is 36.9 Å². The molecule has 1 aromatic rings. The van der Waals surface area contributed by atoms with Crippen LogP contribution in [0.2, 0.25) is 0 Å². The number of likely N-dealkylation sites (N-methyl/N-ethyl adjacent to an activating group) is 1. The molecule has 0 fully saturated rings. The maximum absolute atomic E-state index is 12.1. The number of thiophene rings is 1. The molecule has 3 N–H and O–H groups in total. The maximum atomic E-state index is 12.1. The predicted octanol–water partition coefficient (Wildman–Crippen LogP) is 2.79. The summed E-state index contributed by atoms with van der Waals surface area (Å²) in [6.07, 6.45) is 0. The number of anilines is 2. The van der Waals surface area contributed by atoms with Crippen molar-refractivity contribution in [2.75, 3.05) is 31.7 Å². The number of hydrogen-bond donors (Lipinski definition) is 2. The summed E-state index contributed by atoms with van der Waals surface area (Å²) in [5, 5.41) is 13.2. The van der Waals surface area contributed by atoms with Gasteiger partial charge in [-0.05, 0) is 27.9 Å². The molecule has 0 amide bonds. The Bertz CT molecular complexity index is 567. The van der Waals surface area contributed by atoms with Gasteiger partial charge in [0.05, 0.1) is 10.6 Å². The summed E-state index contributed by atoms with van der Waals surface area (Å²) in [5.41, 5.74) is 6.56. The third-order valence-corrected chi connectivity index (χ3v) is 4.88. The van der Waals surface area contributed by atoms with Crippen LogP contribution in [0.15, 0.2) is 0 Å². The predicted molar refractivity (Wildman–Crippen MR) is 88.9 cm³/mol. The van der Waals surface area contributed by atoms with Crippen molar-refractivity contribution in [3.63, 3.8) is 0 Å². The molecule has 0 aliphatic heterocycles. The lowest BCUT2D eigenvalue weighted by Gasteiger charge is -2.32. The molecule has 5 nitrogen and oxygen atoms in total. The van der Waals surface area contributed by atoms with E-state index in [9.17, 15) is 10.1 Å². The van der Waals surface area contributed by atoms with Crippen LogP contribution in [0.25, 0.3) is 0 Å². The van der Waals surface area contributed by atoms with E-state index >= 15 is 0 Å². The Morgan fingerprint density at radius 3 is 2.48 bits per heavy atom. The molecule has 0 atom stereocenters. The minimum atomic E-state index is -0.136. The van der Waals surface area contributed by atoms with Gasteiger partial charge < -0.3 is 16.0 Å². The van der Waals surface area contributed by atoms with Gasteiger partial charge in [-0.25, -0.2) is 0 Å². The smallest absolute Gasteiger partial charge is 0.177 e. The average molecular weight is 308 g/mol. The monoisotopic (exact) mass is 308 g/mol. The Balaban J connectivity index is 3.07. The molecule has 1 rings (SSSR count). The van der Waals surface area contributed by atoms with E-state index in [-0.39, 0.29) is 17.2 Å². The molecule has 1 heterocycles. The second-order valence-electron chi connectivity index (χ2n) is 6.24. The van der Waals surface area contributed by atoms with Gasteiger partial charge in [-0.2, -0.15) is 5.26 Å². The number of nitrogens with zero attached hydrogens (tertiary/aromatic N) is 2. The van der Waals surface area contributed by atoms with Crippen LogP contribution < -0.4 is 11.1 Å². The molecule has 21 heavy (non-hydrogen) atoms. The summed E-state index contributed by atoms with van der Waals surface area (Å²) in [5.74, 6) is -0.155. The second-order valence-corrected chi connectivity index (χ2v) is 7.26. The fourth-order valence-corrected chi connectivity index (χ4v) is 2.73. The van der Waals surface area contributed by atoms with Crippen LogP contribution in [0.3, 0.4) is 0 Å². The molecule has 0 aromatic carbocycles. The maximum Gasteiger partial charge on any atom is 0.177 e. The number of carbonyl (C=O) groups excluding carboxylic acids is 1. The first kappa shape index (κ1) is 17.5. The molecule has 0 spiro atoms. The van der Waals surface area contributed by atoms with Crippen molar-refractivity contribution in [3.8, 4) is 6.07 Å². The number of ketones is 1. The lowest BCUT2D eigenvalue weighted by atomic mass is 10.0. The summed E-state index contributed by atoms with van der Waals surface area (Å²) in [4.78, 5) is 14.7. The molecule has 6 heteroatoms. The number of nitrogen functional groups attached to an aromatic ring is 1. The van der Waals surface area contributed by atoms with E-state index < -0.39 is 0 Å². The number of hydrogen-bond acceptors (Lipinski definition) is 6. The van der Waals surface area contributed by atoms with Gasteiger partial charge in [0.15, 0.2) is 5.78 Å². The topological polar surface area (TPSA) is 82.2 Å². The third-order valence-electron chi connectivity index (χ3n) is 3.70. The van der Waals surface area contributed by atoms with E-state index in [1.807, 2.05) is 27.9 Å². The zero-order valence-corrected chi connectivity index (χ0v) is 14.4. The Labute approximate surface area is 130 Å². The Kier molecular flexibility index (Phi) is 5.37. The minimum Gasteiger partial charge on any atom is -0.396 e. The number of carbonyl (C=O) groups is 1. The lowest BCUT2D eigenvalue weighted by Crippen LogP contribution is -2.44. The molecule has 0 saturated heterocycles. The average Bonchev–Trinajstić information content (AvgIpc) is 2.71. The van der Waals surface area contributed by atoms with E-state index in [0.29, 0.717) is 27.7 Å². The molecule has 0 unspecified atom stereocenters. The highest BCUT2D eigenvalue weighted by Crippen LogP contribution is 2.36. The summed E-state index contributed by atoms with van der Waals surface area (Å²) in [6, 6.07) is 2.10. The molecule has 0 radical (unpaired) electrons. The Morgan fingerprint density at radius 2 is 2.05 bits per heavy atom. The van der Waals surface area contributed by atoms with Crippen molar-refractivity contribution >= 4 is 27.8 Å². The Morgan fingerprint density at radius 1 is 1.48 bits per heavy atom. The third kappa shape index (κ3) is 3.74. The second kappa shape index (κ2) is 6.46. The zero-order chi connectivity index (χ0) is 16.4. The number of Topliss-reactive ketones (excluding diaryl/α,β-unsaturated/α-hetero) is 1. The molecule has 0 bridgehead atoms. The number of nitrogens with one attached hydrogen (secondary N) is 1. The van der Waals surface area contributed by atoms with E-state index in [1.54, 1.807) is 0 Å². The number of nitriles is 1. The normalized spacial score (nSPS) is 11.8. The number of nitrogens with two attached hydrogens (primary N) is 1. The highest BCUT2D eigenvalue weighted by Gasteiger charge is 2.25. The highest BCUT2D eigenvalue weighted by molar-refractivity contribution is 7.19. The van der Waals surface area contributed by atoms with Crippen LogP contribution in [0.5, 0.6) is 0 Å². The quantitative estimate of drug-likeness (QED) is 0.790. The minimum absolute atomic E-state index is 0.0195. The van der Waals surface area contributed by atoms with Gasteiger partial charge in [-0.15, -0.1) is 11.3 Å². The standard InChI is InChI=1S/C15H24N4OS/c1-9(2)12(20)13-11(17)10(7-16)14(21-13)18-8-15(3,4)19(5)6/h9,18H,8,17H2,1-6H3. The van der Waals surface area contributed by atoms with Crippen molar-refractivity contribution < 1.29 is 4.79 Å². The summed E-state index contributed by atoms with van der Waals surface area (Å²) >= 11 is 1.27. The van der Waals surface area contributed by atoms with E-state index in [1.165, 1.54) is 11.3 Å². The summed E-state index contributed by atoms with van der Waals surface area (Å²) < 4.78 is 0. The van der Waals surface area contributed by atoms with Crippen LogP contribution in [0.1, 0.15) is 42.9 Å². The summed E-state index contributed by atoms with van der Waals surface area (Å²) in [7, 11) is 4.01. The van der Waals surface area contributed by atoms with Crippen molar-refractivity contribution in [1.82, 2.24) is 4.90 Å². The van der Waals surface area contributed by atoms with Gasteiger partial charge in [0.25, 0.3) is 0 Å². The van der Waals surface area contributed by atoms with Gasteiger partial charge in [0.2, 0.25) is 0 Å². The first-order valence-electron chi connectivity index (χ1n) is 6.89. The van der Waals surface area contributed by atoms with Crippen LogP contribution in [-0.2, 0) is 0 Å². The van der Waals surface area contributed by atoms with Gasteiger partial charge in [0.1, 0.15) is 16.6 Å². The SMILES string of the molecule is CC(C)C(=O)c1sc(NCC(C)(C)N(C)C)c(C#N)c1N. The molecule has 0 saturated carbocycles. The number of rotatable bonds is 6. The molecule has 0 aliphatic carbocycles. The molecule has 1 aromatic heterocycles. The van der Waals surface area contributed by atoms with E-state index in [4.69, 9.17) is 5.73 Å². The highest BCUT2D eigenvalue weighted by atomic mass is 32.1. The summed E-state index contributed by atoms with van der Waals surface area (Å²) in [6.45, 7) is 8.52. The van der Waals surface area contributed by atoms with Crippen LogP contribution in [0, 0.1) is 17.2 Å². The van der Waals surface area contributed by atoms with Crippen LogP contribution >= 0.6 is 11.3 Å². The fraction of sp³-hybridized carbons (Fsp3) is 0.600. The van der Waals surface area contributed by atoms with Gasteiger partial charge in [-0.3, -0.25) is 4.79 Å². The van der Waals surface area contributed by atoms with Crippen molar-refractivity contribution in [3.05, 3.63) is 10.4 Å². The first-order chi connectivity index (χ1) is 9.61. The van der Waals surface area contributed by atoms with Gasteiger partial charge >= 0.3 is 0 Å².